The van der Waals surface area contributed by atoms with Crippen LogP contribution >= 0.6 is 0 Å². The van der Waals surface area contributed by atoms with E-state index in [0.717, 1.165) is 18.2 Å². The fourth-order valence-corrected chi connectivity index (χ4v) is 3.14. The van der Waals surface area contributed by atoms with Crippen molar-refractivity contribution in [3.63, 3.8) is 0 Å². The topological polar surface area (TPSA) is 89.4 Å². The molecule has 0 atom stereocenters. The number of carboxylic acid groups (broad SMARTS) is 1. The minimum atomic E-state index is -0.976. The zero-order chi connectivity index (χ0) is 20.8. The molecule has 0 unspecified atom stereocenters. The second-order valence-electron chi connectivity index (χ2n) is 7.35. The SMILES string of the molecule is CC(C)(CC(=O)O)c1nnc(-c2ccc3occ(-c4cc(F)ccc4F)c3c2)o1. The van der Waals surface area contributed by atoms with Crippen molar-refractivity contribution in [2.24, 2.45) is 0 Å². The Morgan fingerprint density at radius 1 is 1.10 bits per heavy atom. The van der Waals surface area contributed by atoms with Crippen LogP contribution in [0.5, 0.6) is 0 Å². The lowest BCUT2D eigenvalue weighted by Gasteiger charge is -2.16. The maximum Gasteiger partial charge on any atom is 0.304 e. The molecule has 6 nitrogen and oxygen atoms in total. The zero-order valence-corrected chi connectivity index (χ0v) is 15.6. The van der Waals surface area contributed by atoms with E-state index in [2.05, 4.69) is 10.2 Å². The molecular weight excluding hydrogens is 382 g/mol. The lowest BCUT2D eigenvalue weighted by molar-refractivity contribution is -0.138. The van der Waals surface area contributed by atoms with Crippen molar-refractivity contribution in [3.8, 4) is 22.6 Å². The molecule has 2 heterocycles. The van der Waals surface area contributed by atoms with Crippen LogP contribution in [-0.2, 0) is 10.2 Å². The minimum absolute atomic E-state index is 0.0784. The van der Waals surface area contributed by atoms with Gasteiger partial charge in [0.05, 0.1) is 18.1 Å². The average molecular weight is 398 g/mol. The molecule has 4 aromatic rings. The Kier molecular flexibility index (Phi) is 4.41. The number of rotatable bonds is 5. The van der Waals surface area contributed by atoms with Crippen LogP contribution in [0.15, 0.2) is 51.5 Å². The summed E-state index contributed by atoms with van der Waals surface area (Å²) in [7, 11) is 0. The zero-order valence-electron chi connectivity index (χ0n) is 15.6. The van der Waals surface area contributed by atoms with Gasteiger partial charge in [0.1, 0.15) is 17.2 Å². The smallest absolute Gasteiger partial charge is 0.304 e. The van der Waals surface area contributed by atoms with E-state index in [1.165, 1.54) is 6.26 Å². The van der Waals surface area contributed by atoms with Gasteiger partial charge in [0.15, 0.2) is 0 Å². The Bertz CT molecular complexity index is 1230. The highest BCUT2D eigenvalue weighted by Gasteiger charge is 2.30. The van der Waals surface area contributed by atoms with Crippen molar-refractivity contribution in [1.82, 2.24) is 10.2 Å². The molecule has 0 saturated carbocycles. The van der Waals surface area contributed by atoms with Gasteiger partial charge in [-0.2, -0.15) is 0 Å². The number of halogens is 2. The normalized spacial score (nSPS) is 11.9. The van der Waals surface area contributed by atoms with E-state index in [9.17, 15) is 13.6 Å². The highest BCUT2D eigenvalue weighted by Crippen LogP contribution is 2.36. The fourth-order valence-electron chi connectivity index (χ4n) is 3.14. The van der Waals surface area contributed by atoms with E-state index in [-0.39, 0.29) is 23.8 Å². The van der Waals surface area contributed by atoms with E-state index < -0.39 is 23.0 Å². The Morgan fingerprint density at radius 3 is 2.66 bits per heavy atom. The van der Waals surface area contributed by atoms with Gasteiger partial charge in [-0.25, -0.2) is 8.78 Å². The Morgan fingerprint density at radius 2 is 1.90 bits per heavy atom. The van der Waals surface area contributed by atoms with Crippen LogP contribution < -0.4 is 0 Å². The number of hydrogen-bond acceptors (Lipinski definition) is 5. The number of aliphatic carboxylic acids is 1. The summed E-state index contributed by atoms with van der Waals surface area (Å²) in [5, 5.41) is 17.6. The fraction of sp³-hybridized carbons (Fsp3) is 0.190. The third-order valence-corrected chi connectivity index (χ3v) is 4.64. The van der Waals surface area contributed by atoms with Crippen LogP contribution in [-0.4, -0.2) is 21.3 Å². The van der Waals surface area contributed by atoms with Gasteiger partial charge in [-0.15, -0.1) is 10.2 Å². The molecule has 4 rings (SSSR count). The first kappa shape index (κ1) is 18.8. The summed E-state index contributed by atoms with van der Waals surface area (Å²) < 4.78 is 39.0. The van der Waals surface area contributed by atoms with Crippen molar-refractivity contribution >= 4 is 16.9 Å². The largest absolute Gasteiger partial charge is 0.481 e. The first-order valence-corrected chi connectivity index (χ1v) is 8.77. The van der Waals surface area contributed by atoms with E-state index in [1.807, 2.05) is 0 Å². The predicted octanol–water partition coefficient (Wildman–Crippen LogP) is 5.18. The molecule has 0 aliphatic carbocycles. The van der Waals surface area contributed by atoms with Crippen LogP contribution in [0.2, 0.25) is 0 Å². The molecule has 0 fully saturated rings. The van der Waals surface area contributed by atoms with Crippen molar-refractivity contribution in [2.75, 3.05) is 0 Å². The van der Waals surface area contributed by atoms with Crippen LogP contribution in [0.3, 0.4) is 0 Å². The first-order valence-electron chi connectivity index (χ1n) is 8.77. The molecular formula is C21H16F2N2O4. The van der Waals surface area contributed by atoms with Gasteiger partial charge < -0.3 is 13.9 Å². The summed E-state index contributed by atoms with van der Waals surface area (Å²) in [5.41, 5.74) is 0.659. The number of fused-ring (bicyclic) bond motifs is 1. The summed E-state index contributed by atoms with van der Waals surface area (Å²) in [6.07, 6.45) is 1.19. The molecule has 148 valence electrons. The first-order chi connectivity index (χ1) is 13.7. The lowest BCUT2D eigenvalue weighted by Crippen LogP contribution is -2.22. The highest BCUT2D eigenvalue weighted by molar-refractivity contribution is 5.96. The number of nitrogens with zero attached hydrogens (tertiary/aromatic N) is 2. The third kappa shape index (κ3) is 3.49. The number of carboxylic acids is 1. The summed E-state index contributed by atoms with van der Waals surface area (Å²) in [6.45, 7) is 3.39. The maximum absolute atomic E-state index is 14.2. The number of hydrogen-bond donors (Lipinski definition) is 1. The van der Waals surface area contributed by atoms with Gasteiger partial charge in [0.2, 0.25) is 11.8 Å². The summed E-state index contributed by atoms with van der Waals surface area (Å²) in [6, 6.07) is 8.25. The van der Waals surface area contributed by atoms with Gasteiger partial charge in [0, 0.05) is 22.1 Å². The molecule has 2 aromatic carbocycles. The highest BCUT2D eigenvalue weighted by atomic mass is 19.1. The van der Waals surface area contributed by atoms with Gasteiger partial charge in [-0.3, -0.25) is 4.79 Å². The molecule has 8 heteroatoms. The molecule has 2 aromatic heterocycles. The van der Waals surface area contributed by atoms with Crippen LogP contribution in [0.1, 0.15) is 26.2 Å². The number of carbonyl (C=O) groups is 1. The van der Waals surface area contributed by atoms with Crippen LogP contribution in [0.4, 0.5) is 8.78 Å². The van der Waals surface area contributed by atoms with Crippen molar-refractivity contribution in [2.45, 2.75) is 25.7 Å². The molecule has 29 heavy (non-hydrogen) atoms. The summed E-state index contributed by atoms with van der Waals surface area (Å²) in [4.78, 5) is 11.0. The minimum Gasteiger partial charge on any atom is -0.481 e. The molecule has 0 amide bonds. The third-order valence-electron chi connectivity index (χ3n) is 4.64. The van der Waals surface area contributed by atoms with Gasteiger partial charge in [0.25, 0.3) is 0 Å². The quantitative estimate of drug-likeness (QED) is 0.498. The Labute approximate surface area is 163 Å². The van der Waals surface area contributed by atoms with Crippen LogP contribution in [0.25, 0.3) is 33.6 Å². The molecule has 0 aliphatic heterocycles. The Balaban J connectivity index is 1.77. The maximum atomic E-state index is 14.2. The van der Waals surface area contributed by atoms with Gasteiger partial charge in [-0.1, -0.05) is 13.8 Å². The molecule has 0 saturated heterocycles. The molecule has 0 radical (unpaired) electrons. The molecule has 0 aliphatic rings. The summed E-state index contributed by atoms with van der Waals surface area (Å²) in [5.74, 6) is -1.73. The van der Waals surface area contributed by atoms with Gasteiger partial charge in [-0.05, 0) is 36.4 Å². The second-order valence-corrected chi connectivity index (χ2v) is 7.35. The van der Waals surface area contributed by atoms with E-state index >= 15 is 0 Å². The number of furan rings is 1. The average Bonchev–Trinajstić information content (AvgIpc) is 3.29. The lowest BCUT2D eigenvalue weighted by atomic mass is 9.89. The molecule has 1 N–H and O–H groups in total. The van der Waals surface area contributed by atoms with Crippen LogP contribution in [0, 0.1) is 11.6 Å². The van der Waals surface area contributed by atoms with E-state index in [4.69, 9.17) is 13.9 Å². The van der Waals surface area contributed by atoms with Crippen molar-refractivity contribution in [3.05, 3.63) is 60.2 Å². The monoisotopic (exact) mass is 398 g/mol. The van der Waals surface area contributed by atoms with E-state index in [1.54, 1.807) is 32.0 Å². The second kappa shape index (κ2) is 6.80. The van der Waals surface area contributed by atoms with Crippen molar-refractivity contribution in [1.29, 1.82) is 0 Å². The Hall–Kier alpha value is -3.55. The molecule has 0 bridgehead atoms. The summed E-state index contributed by atoms with van der Waals surface area (Å²) >= 11 is 0. The standard InChI is InChI=1S/C21H16F2N2O4/c1-21(2,9-18(26)27)20-25-24-19(29-20)11-3-6-17-14(7-11)15(10-28-17)13-8-12(22)4-5-16(13)23/h3-8,10H,9H2,1-2H3,(H,26,27). The predicted molar refractivity (Wildman–Crippen MR) is 100 cm³/mol. The number of aromatic nitrogens is 2. The van der Waals surface area contributed by atoms with Gasteiger partial charge >= 0.3 is 5.97 Å². The van der Waals surface area contributed by atoms with E-state index in [0.29, 0.717) is 22.1 Å². The van der Waals surface area contributed by atoms with Crippen molar-refractivity contribution < 1.29 is 27.5 Å². The molecule has 0 spiro atoms. The number of benzene rings is 2.